The lowest BCUT2D eigenvalue weighted by molar-refractivity contribution is -0.140. The van der Waals surface area contributed by atoms with Gasteiger partial charge in [0.15, 0.2) is 0 Å². The molecule has 0 aromatic carbocycles. The molecule has 0 saturated heterocycles. The molecule has 0 atom stereocenters. The van der Waals surface area contributed by atoms with Gasteiger partial charge >= 0.3 is 5.97 Å². The lowest BCUT2D eigenvalue weighted by Crippen LogP contribution is -2.23. The van der Waals surface area contributed by atoms with E-state index < -0.39 is 0 Å². The van der Waals surface area contributed by atoms with Gasteiger partial charge < -0.3 is 9.64 Å². The van der Waals surface area contributed by atoms with E-state index >= 15 is 0 Å². The number of unbranched alkanes of at least 4 members (excludes halogenated alkanes) is 3. The van der Waals surface area contributed by atoms with E-state index in [9.17, 15) is 4.79 Å². The SMILES string of the molecule is CCCCCCN(C)CCC(=O)OC. The summed E-state index contributed by atoms with van der Waals surface area (Å²) in [7, 11) is 3.48. The Hall–Kier alpha value is -0.570. The van der Waals surface area contributed by atoms with Gasteiger partial charge in [0.25, 0.3) is 0 Å². The van der Waals surface area contributed by atoms with Gasteiger partial charge in [-0.1, -0.05) is 26.2 Å². The van der Waals surface area contributed by atoms with Crippen LogP contribution < -0.4 is 0 Å². The number of nitrogens with zero attached hydrogens (tertiary/aromatic N) is 1. The van der Waals surface area contributed by atoms with Crippen molar-refractivity contribution in [2.45, 2.75) is 39.0 Å². The van der Waals surface area contributed by atoms with Gasteiger partial charge in [0, 0.05) is 6.54 Å². The predicted octanol–water partition coefficient (Wildman–Crippen LogP) is 2.06. The zero-order valence-corrected chi connectivity index (χ0v) is 9.71. The van der Waals surface area contributed by atoms with Crippen LogP contribution in [0, 0.1) is 0 Å². The van der Waals surface area contributed by atoms with E-state index in [0.29, 0.717) is 6.42 Å². The monoisotopic (exact) mass is 201 g/mol. The standard InChI is InChI=1S/C11H23NO2/c1-4-5-6-7-9-12(2)10-8-11(13)14-3/h4-10H2,1-3H3. The quantitative estimate of drug-likeness (QED) is 0.445. The number of carbonyl (C=O) groups is 1. The number of carbonyl (C=O) groups excluding carboxylic acids is 1. The van der Waals surface area contributed by atoms with Crippen LogP contribution in [0.25, 0.3) is 0 Å². The van der Waals surface area contributed by atoms with Crippen molar-refractivity contribution in [3.63, 3.8) is 0 Å². The largest absolute Gasteiger partial charge is 0.469 e. The number of ether oxygens (including phenoxy) is 1. The fraction of sp³-hybridized carbons (Fsp3) is 0.909. The highest BCUT2D eigenvalue weighted by Gasteiger charge is 2.03. The molecule has 0 aliphatic carbocycles. The Morgan fingerprint density at radius 3 is 2.50 bits per heavy atom. The third-order valence-corrected chi connectivity index (χ3v) is 2.32. The Balaban J connectivity index is 3.27. The van der Waals surface area contributed by atoms with Gasteiger partial charge in [0.2, 0.25) is 0 Å². The van der Waals surface area contributed by atoms with Crippen molar-refractivity contribution < 1.29 is 9.53 Å². The molecule has 0 rings (SSSR count). The summed E-state index contributed by atoms with van der Waals surface area (Å²) in [6.45, 7) is 4.09. The fourth-order valence-electron chi connectivity index (χ4n) is 1.30. The lowest BCUT2D eigenvalue weighted by atomic mass is 10.2. The molecule has 0 N–H and O–H groups in total. The molecule has 0 saturated carbocycles. The molecular formula is C11H23NO2. The first-order valence-corrected chi connectivity index (χ1v) is 5.46. The van der Waals surface area contributed by atoms with E-state index in [1.165, 1.54) is 32.8 Å². The summed E-state index contributed by atoms with van der Waals surface area (Å²) in [4.78, 5) is 13.0. The number of methoxy groups -OCH3 is 1. The normalized spacial score (nSPS) is 10.6. The second kappa shape index (κ2) is 9.00. The first-order chi connectivity index (χ1) is 6.70. The molecule has 3 nitrogen and oxygen atoms in total. The van der Waals surface area contributed by atoms with Crippen molar-refractivity contribution in [3.05, 3.63) is 0 Å². The zero-order chi connectivity index (χ0) is 10.8. The van der Waals surface area contributed by atoms with Crippen molar-refractivity contribution >= 4 is 5.97 Å². The zero-order valence-electron chi connectivity index (χ0n) is 9.71. The van der Waals surface area contributed by atoms with Gasteiger partial charge in [-0.2, -0.15) is 0 Å². The average Bonchev–Trinajstić information content (AvgIpc) is 2.21. The van der Waals surface area contributed by atoms with Crippen LogP contribution >= 0.6 is 0 Å². The Morgan fingerprint density at radius 1 is 1.21 bits per heavy atom. The topological polar surface area (TPSA) is 29.5 Å². The summed E-state index contributed by atoms with van der Waals surface area (Å²) in [5.41, 5.74) is 0. The number of esters is 1. The van der Waals surface area contributed by atoms with Crippen LogP contribution in [0.5, 0.6) is 0 Å². The van der Waals surface area contributed by atoms with Gasteiger partial charge in [-0.3, -0.25) is 4.79 Å². The minimum absolute atomic E-state index is 0.120. The Bertz CT molecular complexity index is 148. The number of hydrogen-bond donors (Lipinski definition) is 0. The molecule has 14 heavy (non-hydrogen) atoms. The lowest BCUT2D eigenvalue weighted by Gasteiger charge is -2.15. The highest BCUT2D eigenvalue weighted by Crippen LogP contribution is 2.00. The molecule has 0 aromatic rings. The molecule has 0 radical (unpaired) electrons. The first kappa shape index (κ1) is 13.4. The van der Waals surface area contributed by atoms with Crippen LogP contribution in [0.4, 0.5) is 0 Å². The average molecular weight is 201 g/mol. The predicted molar refractivity (Wildman–Crippen MR) is 58.3 cm³/mol. The molecule has 0 spiro atoms. The molecule has 0 aromatic heterocycles. The maximum Gasteiger partial charge on any atom is 0.306 e. The summed E-state index contributed by atoms with van der Waals surface area (Å²) in [5, 5.41) is 0. The molecule has 3 heteroatoms. The maximum atomic E-state index is 10.8. The van der Waals surface area contributed by atoms with E-state index in [1.54, 1.807) is 0 Å². The maximum absolute atomic E-state index is 10.8. The first-order valence-electron chi connectivity index (χ1n) is 5.46. The van der Waals surface area contributed by atoms with E-state index in [2.05, 4.69) is 23.6 Å². The van der Waals surface area contributed by atoms with Gasteiger partial charge in [-0.25, -0.2) is 0 Å². The smallest absolute Gasteiger partial charge is 0.306 e. The van der Waals surface area contributed by atoms with Crippen LogP contribution in [0.2, 0.25) is 0 Å². The van der Waals surface area contributed by atoms with Crippen LogP contribution in [0.3, 0.4) is 0 Å². The molecule has 84 valence electrons. The van der Waals surface area contributed by atoms with Gasteiger partial charge in [0.05, 0.1) is 13.5 Å². The molecule has 0 fully saturated rings. The minimum Gasteiger partial charge on any atom is -0.469 e. The van der Waals surface area contributed by atoms with Crippen LogP contribution in [0.1, 0.15) is 39.0 Å². The van der Waals surface area contributed by atoms with Crippen LogP contribution in [0.15, 0.2) is 0 Å². The molecular weight excluding hydrogens is 178 g/mol. The summed E-state index contributed by atoms with van der Waals surface area (Å²) >= 11 is 0. The van der Waals surface area contributed by atoms with Crippen molar-refractivity contribution in [1.29, 1.82) is 0 Å². The molecule has 0 bridgehead atoms. The number of rotatable bonds is 8. The van der Waals surface area contributed by atoms with E-state index in [1.807, 2.05) is 0 Å². The highest BCUT2D eigenvalue weighted by atomic mass is 16.5. The van der Waals surface area contributed by atoms with E-state index in [-0.39, 0.29) is 5.97 Å². The summed E-state index contributed by atoms with van der Waals surface area (Å²) in [6, 6.07) is 0. The molecule has 0 aliphatic heterocycles. The fourth-order valence-corrected chi connectivity index (χ4v) is 1.30. The van der Waals surface area contributed by atoms with Crippen molar-refractivity contribution in [2.75, 3.05) is 27.2 Å². The van der Waals surface area contributed by atoms with Gasteiger partial charge in [-0.05, 0) is 20.0 Å². The minimum atomic E-state index is -0.120. The van der Waals surface area contributed by atoms with E-state index in [0.717, 1.165) is 13.1 Å². The molecule has 0 amide bonds. The Morgan fingerprint density at radius 2 is 1.93 bits per heavy atom. The molecule has 0 heterocycles. The third kappa shape index (κ3) is 8.05. The van der Waals surface area contributed by atoms with Gasteiger partial charge in [0.1, 0.15) is 0 Å². The van der Waals surface area contributed by atoms with Crippen molar-refractivity contribution in [1.82, 2.24) is 4.90 Å². The molecule has 0 aliphatic rings. The summed E-state index contributed by atoms with van der Waals surface area (Å²) < 4.78 is 4.58. The highest BCUT2D eigenvalue weighted by molar-refractivity contribution is 5.69. The second-order valence-corrected chi connectivity index (χ2v) is 3.69. The third-order valence-electron chi connectivity index (χ3n) is 2.32. The Kier molecular flexibility index (Phi) is 8.64. The summed E-state index contributed by atoms with van der Waals surface area (Å²) in [6.07, 6.45) is 5.60. The summed E-state index contributed by atoms with van der Waals surface area (Å²) in [5.74, 6) is -0.120. The van der Waals surface area contributed by atoms with Crippen LogP contribution in [-0.4, -0.2) is 38.1 Å². The van der Waals surface area contributed by atoms with Crippen molar-refractivity contribution in [3.8, 4) is 0 Å². The van der Waals surface area contributed by atoms with Gasteiger partial charge in [-0.15, -0.1) is 0 Å². The number of hydrogen-bond acceptors (Lipinski definition) is 3. The van der Waals surface area contributed by atoms with Crippen molar-refractivity contribution in [2.24, 2.45) is 0 Å². The Labute approximate surface area is 87.4 Å². The van der Waals surface area contributed by atoms with Crippen LogP contribution in [-0.2, 0) is 9.53 Å². The molecule has 0 unspecified atom stereocenters. The second-order valence-electron chi connectivity index (χ2n) is 3.69. The van der Waals surface area contributed by atoms with E-state index in [4.69, 9.17) is 0 Å².